The van der Waals surface area contributed by atoms with Crippen LogP contribution in [0, 0.1) is 5.82 Å². The Morgan fingerprint density at radius 2 is 1.54 bits per heavy atom. The number of aromatic nitrogens is 3. The van der Waals surface area contributed by atoms with E-state index in [2.05, 4.69) is 72.7 Å². The molecule has 0 atom stereocenters. The summed E-state index contributed by atoms with van der Waals surface area (Å²) in [6.45, 7) is 16.6. The summed E-state index contributed by atoms with van der Waals surface area (Å²) in [5.74, 6) is -0.936. The number of halogens is 1. The number of nitrogens with zero attached hydrogens (tertiary/aromatic N) is 4. The number of anilines is 1. The van der Waals surface area contributed by atoms with E-state index < -0.39 is 0 Å². The first-order valence-corrected chi connectivity index (χ1v) is 20.4. The summed E-state index contributed by atoms with van der Waals surface area (Å²) >= 11 is 0. The van der Waals surface area contributed by atoms with Gasteiger partial charge in [-0.15, -0.1) is 0 Å². The van der Waals surface area contributed by atoms with Gasteiger partial charge in [0.1, 0.15) is 5.82 Å². The number of rotatable bonds is 13. The molecule has 300 valence electrons. The summed E-state index contributed by atoms with van der Waals surface area (Å²) < 4.78 is 22.8. The summed E-state index contributed by atoms with van der Waals surface area (Å²) in [4.78, 5) is 34.6. The molecule has 0 bridgehead atoms. The number of nitrogens with one attached hydrogen (secondary N) is 3. The minimum absolute atomic E-state index is 0.0879. The Kier molecular flexibility index (Phi) is 11.8. The van der Waals surface area contributed by atoms with Gasteiger partial charge in [-0.2, -0.15) is 5.10 Å². The van der Waals surface area contributed by atoms with Crippen LogP contribution in [0.15, 0.2) is 72.9 Å². The van der Waals surface area contributed by atoms with Gasteiger partial charge in [-0.05, 0) is 120 Å². The van der Waals surface area contributed by atoms with E-state index in [-0.39, 0.29) is 47.8 Å². The molecule has 11 heteroatoms. The van der Waals surface area contributed by atoms with Crippen LogP contribution in [-0.4, -0.2) is 61.8 Å². The molecule has 0 radical (unpaired) electrons. The standard InChI is InChI=1S/C46H56FN7O3/c1-7-40-37(41(51-35-17-21-57-22-18-35)38-28-50-53(8-2)42(38)52-40)27-49-44(56)34-14-10-13-33(25-34)43(55)48-26-30-15-16-39(47)36(24-30)32-12-9-11-31(23-32)29-54-45(3,4)19-20-46(54,5)6/h9-16,23-25,28,35H,7-8,17-22,26-27,29H2,1-6H3,(H,48,55)(H,49,56)(H,51,52). The van der Waals surface area contributed by atoms with E-state index >= 15 is 4.39 Å². The van der Waals surface area contributed by atoms with Crippen molar-refractivity contribution in [1.29, 1.82) is 0 Å². The molecule has 2 amide bonds. The first kappa shape index (κ1) is 40.1. The summed E-state index contributed by atoms with van der Waals surface area (Å²) in [5, 5.41) is 15.3. The van der Waals surface area contributed by atoms with Crippen molar-refractivity contribution in [2.45, 2.75) is 117 Å². The summed E-state index contributed by atoms with van der Waals surface area (Å²) in [6, 6.07) is 20.0. The molecular weight excluding hydrogens is 718 g/mol. The Labute approximate surface area is 335 Å². The van der Waals surface area contributed by atoms with Crippen LogP contribution in [0.3, 0.4) is 0 Å². The maximum atomic E-state index is 15.3. The maximum absolute atomic E-state index is 15.3. The normalized spacial score (nSPS) is 16.8. The molecule has 0 spiro atoms. The number of hydrogen-bond donors (Lipinski definition) is 3. The van der Waals surface area contributed by atoms with E-state index in [4.69, 9.17) is 9.72 Å². The van der Waals surface area contributed by atoms with Gasteiger partial charge in [0.25, 0.3) is 11.8 Å². The van der Waals surface area contributed by atoms with Gasteiger partial charge in [0.05, 0.1) is 17.3 Å². The Bertz CT molecular complexity index is 2240. The zero-order valence-corrected chi connectivity index (χ0v) is 34.2. The van der Waals surface area contributed by atoms with E-state index in [0.717, 1.165) is 76.9 Å². The van der Waals surface area contributed by atoms with Gasteiger partial charge < -0.3 is 20.7 Å². The Balaban J connectivity index is 1.03. The Morgan fingerprint density at radius 1 is 0.860 bits per heavy atom. The molecule has 2 saturated heterocycles. The van der Waals surface area contributed by atoms with Gasteiger partial charge in [-0.1, -0.05) is 37.3 Å². The number of carbonyl (C=O) groups is 2. The molecule has 2 aliphatic rings. The number of ether oxygens (including phenoxy) is 1. The van der Waals surface area contributed by atoms with Gasteiger partial charge in [0, 0.05) is 84.5 Å². The summed E-state index contributed by atoms with van der Waals surface area (Å²) in [6.07, 6.45) is 6.59. The molecule has 0 saturated carbocycles. The van der Waals surface area contributed by atoms with Crippen molar-refractivity contribution in [2.24, 2.45) is 0 Å². The van der Waals surface area contributed by atoms with E-state index in [9.17, 15) is 9.59 Å². The zero-order valence-electron chi connectivity index (χ0n) is 34.2. The average Bonchev–Trinajstić information content (AvgIpc) is 3.73. The lowest BCUT2D eigenvalue weighted by Crippen LogP contribution is -2.47. The number of amides is 2. The van der Waals surface area contributed by atoms with Crippen LogP contribution in [0.5, 0.6) is 0 Å². The molecule has 3 N–H and O–H groups in total. The molecule has 2 aromatic heterocycles. The number of likely N-dealkylation sites (tertiary alicyclic amines) is 1. The van der Waals surface area contributed by atoms with Crippen LogP contribution in [0.4, 0.5) is 10.1 Å². The number of fused-ring (bicyclic) bond motifs is 1. The van der Waals surface area contributed by atoms with Crippen molar-refractivity contribution in [3.63, 3.8) is 0 Å². The predicted molar refractivity (Wildman–Crippen MR) is 224 cm³/mol. The number of aryl methyl sites for hydroxylation is 2. The van der Waals surface area contributed by atoms with E-state index in [1.807, 2.05) is 29.9 Å². The molecule has 2 aliphatic heterocycles. The quantitative estimate of drug-likeness (QED) is 0.110. The summed E-state index contributed by atoms with van der Waals surface area (Å²) in [5.41, 5.74) is 7.71. The van der Waals surface area contributed by atoms with Crippen LogP contribution in [0.1, 0.15) is 110 Å². The summed E-state index contributed by atoms with van der Waals surface area (Å²) in [7, 11) is 0. The second-order valence-electron chi connectivity index (χ2n) is 16.7. The van der Waals surface area contributed by atoms with Crippen LogP contribution < -0.4 is 16.0 Å². The lowest BCUT2D eigenvalue weighted by molar-refractivity contribution is 0.0703. The highest BCUT2D eigenvalue weighted by atomic mass is 19.1. The van der Waals surface area contributed by atoms with Gasteiger partial charge in [0.2, 0.25) is 0 Å². The second-order valence-corrected chi connectivity index (χ2v) is 16.7. The van der Waals surface area contributed by atoms with Gasteiger partial charge in [0.15, 0.2) is 5.65 Å². The molecule has 10 nitrogen and oxygen atoms in total. The molecular formula is C46H56FN7O3. The number of pyridine rings is 1. The Hall–Kier alpha value is -5.13. The third-order valence-electron chi connectivity index (χ3n) is 11.9. The Morgan fingerprint density at radius 3 is 2.23 bits per heavy atom. The average molecular weight is 774 g/mol. The first-order valence-electron chi connectivity index (χ1n) is 20.4. The van der Waals surface area contributed by atoms with Crippen LogP contribution >= 0.6 is 0 Å². The fraction of sp³-hybridized carbons (Fsp3) is 0.435. The van der Waals surface area contributed by atoms with Crippen molar-refractivity contribution in [3.05, 3.63) is 112 Å². The maximum Gasteiger partial charge on any atom is 0.251 e. The molecule has 2 fully saturated rings. The fourth-order valence-electron chi connectivity index (χ4n) is 8.51. The third kappa shape index (κ3) is 8.74. The van der Waals surface area contributed by atoms with Crippen molar-refractivity contribution >= 4 is 28.5 Å². The molecule has 3 aromatic carbocycles. The van der Waals surface area contributed by atoms with Gasteiger partial charge >= 0.3 is 0 Å². The third-order valence-corrected chi connectivity index (χ3v) is 11.9. The van der Waals surface area contributed by atoms with E-state index in [1.54, 1.807) is 36.4 Å². The predicted octanol–water partition coefficient (Wildman–Crippen LogP) is 8.42. The molecule has 4 heterocycles. The highest BCUT2D eigenvalue weighted by Crippen LogP contribution is 2.42. The largest absolute Gasteiger partial charge is 0.381 e. The first-order chi connectivity index (χ1) is 27.4. The minimum atomic E-state index is -0.327. The number of carbonyl (C=O) groups excluding carboxylic acids is 2. The topological polar surface area (TPSA) is 113 Å². The smallest absolute Gasteiger partial charge is 0.251 e. The van der Waals surface area contributed by atoms with E-state index in [1.165, 1.54) is 6.07 Å². The number of benzene rings is 3. The SMILES string of the molecule is CCc1nc2c(cnn2CC)c(NC2CCOCC2)c1CNC(=O)c1cccc(C(=O)NCc2ccc(F)c(-c3cccc(CN4C(C)(C)CCC4(C)C)c3)c2)c1. The van der Waals surface area contributed by atoms with Crippen molar-refractivity contribution in [2.75, 3.05) is 18.5 Å². The van der Waals surface area contributed by atoms with Crippen LogP contribution in [0.25, 0.3) is 22.2 Å². The van der Waals surface area contributed by atoms with Crippen LogP contribution in [0.2, 0.25) is 0 Å². The molecule has 57 heavy (non-hydrogen) atoms. The van der Waals surface area contributed by atoms with Crippen molar-refractivity contribution < 1.29 is 18.7 Å². The minimum Gasteiger partial charge on any atom is -0.381 e. The molecule has 0 unspecified atom stereocenters. The van der Waals surface area contributed by atoms with Gasteiger partial charge in [-0.25, -0.2) is 14.1 Å². The van der Waals surface area contributed by atoms with Crippen molar-refractivity contribution in [3.8, 4) is 11.1 Å². The van der Waals surface area contributed by atoms with Gasteiger partial charge in [-0.3, -0.25) is 14.5 Å². The fourth-order valence-corrected chi connectivity index (χ4v) is 8.51. The van der Waals surface area contributed by atoms with Crippen LogP contribution in [-0.2, 0) is 37.3 Å². The zero-order chi connectivity index (χ0) is 40.3. The second kappa shape index (κ2) is 16.8. The van der Waals surface area contributed by atoms with Crippen molar-refractivity contribution in [1.82, 2.24) is 30.3 Å². The molecule has 0 aliphatic carbocycles. The highest BCUT2D eigenvalue weighted by molar-refractivity contribution is 6.00. The van der Waals surface area contributed by atoms with E-state index in [0.29, 0.717) is 42.9 Å². The molecule has 7 rings (SSSR count). The monoisotopic (exact) mass is 773 g/mol. The number of hydrogen-bond acceptors (Lipinski definition) is 7. The highest BCUT2D eigenvalue weighted by Gasteiger charge is 2.44. The molecule has 5 aromatic rings. The lowest BCUT2D eigenvalue weighted by atomic mass is 9.98. The lowest BCUT2D eigenvalue weighted by Gasteiger charge is -2.40.